The van der Waals surface area contributed by atoms with Crippen LogP contribution in [0.3, 0.4) is 0 Å². The summed E-state index contributed by atoms with van der Waals surface area (Å²) in [6, 6.07) is 4.26. The van der Waals surface area contributed by atoms with Gasteiger partial charge >= 0.3 is 0 Å². The number of rotatable bonds is 6. The van der Waals surface area contributed by atoms with Crippen LogP contribution in [0.4, 0.5) is 10.1 Å². The summed E-state index contributed by atoms with van der Waals surface area (Å²) in [5, 5.41) is 12.3. The number of benzene rings is 1. The highest BCUT2D eigenvalue weighted by Gasteiger charge is 2.16. The number of carbonyl (C=O) groups excluding carboxylic acids is 1. The number of hydrogen-bond donors (Lipinski definition) is 2. The second kappa shape index (κ2) is 7.09. The number of anilines is 1. The minimum absolute atomic E-state index is 0.116. The quantitative estimate of drug-likeness (QED) is 0.827. The van der Waals surface area contributed by atoms with Crippen LogP contribution in [0.1, 0.15) is 31.9 Å². The second-order valence-electron chi connectivity index (χ2n) is 4.47. The average molecular weight is 268 g/mol. The number of aliphatic hydroxyl groups is 1. The van der Waals surface area contributed by atoms with Crippen molar-refractivity contribution in [2.45, 2.75) is 26.4 Å². The standard InChI is InChI=1S/C14H21FN2O2/c1-4-7-17(9-14(19)16-3)13-6-5-11(15)8-12(13)10(2)18/h5-6,8,10,18H,4,7,9H2,1-3H3,(H,16,19)/t10-/m0/s1. The molecular weight excluding hydrogens is 247 g/mol. The smallest absolute Gasteiger partial charge is 0.239 e. The highest BCUT2D eigenvalue weighted by Crippen LogP contribution is 2.27. The molecule has 0 spiro atoms. The van der Waals surface area contributed by atoms with Gasteiger partial charge in [-0.3, -0.25) is 4.79 Å². The summed E-state index contributed by atoms with van der Waals surface area (Å²) in [7, 11) is 1.58. The Balaban J connectivity index is 3.10. The van der Waals surface area contributed by atoms with Crippen LogP contribution in [0.25, 0.3) is 0 Å². The van der Waals surface area contributed by atoms with Gasteiger partial charge in [0.25, 0.3) is 0 Å². The van der Waals surface area contributed by atoms with Crippen molar-refractivity contribution in [3.63, 3.8) is 0 Å². The Morgan fingerprint density at radius 1 is 1.53 bits per heavy atom. The van der Waals surface area contributed by atoms with Crippen molar-refractivity contribution >= 4 is 11.6 Å². The molecule has 0 saturated carbocycles. The van der Waals surface area contributed by atoms with Crippen LogP contribution in [-0.4, -0.2) is 31.2 Å². The SMILES string of the molecule is CCCN(CC(=O)NC)c1ccc(F)cc1[C@H](C)O. The molecule has 0 heterocycles. The normalized spacial score (nSPS) is 12.1. The monoisotopic (exact) mass is 268 g/mol. The van der Waals surface area contributed by atoms with Crippen molar-refractivity contribution in [1.29, 1.82) is 0 Å². The molecule has 2 N–H and O–H groups in total. The Morgan fingerprint density at radius 3 is 2.74 bits per heavy atom. The summed E-state index contributed by atoms with van der Waals surface area (Å²) in [4.78, 5) is 13.4. The van der Waals surface area contributed by atoms with Gasteiger partial charge < -0.3 is 15.3 Å². The molecular formula is C14H21FN2O2. The highest BCUT2D eigenvalue weighted by molar-refractivity contribution is 5.81. The average Bonchev–Trinajstić information content (AvgIpc) is 2.38. The van der Waals surface area contributed by atoms with Gasteiger partial charge in [-0.15, -0.1) is 0 Å². The number of carbonyl (C=O) groups is 1. The predicted octanol–water partition coefficient (Wildman–Crippen LogP) is 1.84. The Bertz CT molecular complexity index is 435. The number of likely N-dealkylation sites (N-methyl/N-ethyl adjacent to an activating group) is 1. The molecule has 1 aromatic rings. The molecule has 5 heteroatoms. The lowest BCUT2D eigenvalue weighted by molar-refractivity contribution is -0.119. The molecule has 0 aliphatic carbocycles. The molecule has 19 heavy (non-hydrogen) atoms. The van der Waals surface area contributed by atoms with Crippen LogP contribution in [0.15, 0.2) is 18.2 Å². The van der Waals surface area contributed by atoms with Gasteiger partial charge in [-0.2, -0.15) is 0 Å². The molecule has 1 aromatic carbocycles. The first kappa shape index (κ1) is 15.4. The van der Waals surface area contributed by atoms with E-state index in [1.807, 2.05) is 11.8 Å². The van der Waals surface area contributed by atoms with Gasteiger partial charge in [-0.25, -0.2) is 4.39 Å². The van der Waals surface area contributed by atoms with Gasteiger partial charge in [-0.1, -0.05) is 6.92 Å². The van der Waals surface area contributed by atoms with E-state index in [4.69, 9.17) is 0 Å². The van der Waals surface area contributed by atoms with Crippen LogP contribution in [0.5, 0.6) is 0 Å². The molecule has 0 saturated heterocycles. The first-order valence-electron chi connectivity index (χ1n) is 6.42. The van der Waals surface area contributed by atoms with Gasteiger partial charge in [0.05, 0.1) is 12.6 Å². The number of aliphatic hydroxyl groups excluding tert-OH is 1. The lowest BCUT2D eigenvalue weighted by Gasteiger charge is -2.27. The van der Waals surface area contributed by atoms with Gasteiger partial charge in [0.15, 0.2) is 0 Å². The number of hydrogen-bond acceptors (Lipinski definition) is 3. The van der Waals surface area contributed by atoms with Crippen LogP contribution < -0.4 is 10.2 Å². The zero-order valence-electron chi connectivity index (χ0n) is 11.6. The molecule has 0 unspecified atom stereocenters. The molecule has 4 nitrogen and oxygen atoms in total. The van der Waals surface area contributed by atoms with Crippen molar-refractivity contribution < 1.29 is 14.3 Å². The molecule has 0 aliphatic rings. The third kappa shape index (κ3) is 4.21. The largest absolute Gasteiger partial charge is 0.389 e. The van der Waals surface area contributed by atoms with Crippen LogP contribution in [0, 0.1) is 5.82 Å². The fourth-order valence-electron chi connectivity index (χ4n) is 1.95. The molecule has 106 valence electrons. The van der Waals surface area contributed by atoms with Crippen molar-refractivity contribution in [3.8, 4) is 0 Å². The van der Waals surface area contributed by atoms with E-state index in [1.54, 1.807) is 20.0 Å². The molecule has 0 aliphatic heterocycles. The Hall–Kier alpha value is -1.62. The van der Waals surface area contributed by atoms with Crippen LogP contribution in [0.2, 0.25) is 0 Å². The fourth-order valence-corrected chi connectivity index (χ4v) is 1.95. The second-order valence-corrected chi connectivity index (χ2v) is 4.47. The van der Waals surface area contributed by atoms with Crippen molar-refractivity contribution in [1.82, 2.24) is 5.32 Å². The molecule has 0 bridgehead atoms. The maximum Gasteiger partial charge on any atom is 0.239 e. The minimum Gasteiger partial charge on any atom is -0.389 e. The molecule has 0 radical (unpaired) electrons. The van der Waals surface area contributed by atoms with Gasteiger partial charge in [0.1, 0.15) is 5.82 Å². The van der Waals surface area contributed by atoms with E-state index >= 15 is 0 Å². The van der Waals surface area contributed by atoms with Crippen molar-refractivity contribution in [2.75, 3.05) is 25.0 Å². The predicted molar refractivity (Wildman–Crippen MR) is 73.6 cm³/mol. The fraction of sp³-hybridized carbons (Fsp3) is 0.500. The Kier molecular flexibility index (Phi) is 5.76. The topological polar surface area (TPSA) is 52.6 Å². The maximum absolute atomic E-state index is 13.3. The summed E-state index contributed by atoms with van der Waals surface area (Å²) >= 11 is 0. The van der Waals surface area contributed by atoms with E-state index < -0.39 is 11.9 Å². The number of halogens is 1. The third-order valence-corrected chi connectivity index (χ3v) is 2.89. The first-order valence-corrected chi connectivity index (χ1v) is 6.42. The maximum atomic E-state index is 13.3. The summed E-state index contributed by atoms with van der Waals surface area (Å²) in [6.07, 6.45) is 0.0721. The lowest BCUT2D eigenvalue weighted by Crippen LogP contribution is -2.36. The third-order valence-electron chi connectivity index (χ3n) is 2.89. The van der Waals surface area contributed by atoms with Crippen molar-refractivity contribution in [2.24, 2.45) is 0 Å². The molecule has 0 fully saturated rings. The summed E-state index contributed by atoms with van der Waals surface area (Å²) in [5.74, 6) is -0.509. The van der Waals surface area contributed by atoms with Gasteiger partial charge in [-0.05, 0) is 31.5 Å². The van der Waals surface area contributed by atoms with Crippen molar-refractivity contribution in [3.05, 3.63) is 29.6 Å². The van der Waals surface area contributed by atoms with Gasteiger partial charge in [0, 0.05) is 24.8 Å². The van der Waals surface area contributed by atoms with Crippen LogP contribution >= 0.6 is 0 Å². The van der Waals surface area contributed by atoms with E-state index in [9.17, 15) is 14.3 Å². The molecule has 0 aromatic heterocycles. The zero-order valence-corrected chi connectivity index (χ0v) is 11.6. The summed E-state index contributed by atoms with van der Waals surface area (Å²) < 4.78 is 13.3. The summed E-state index contributed by atoms with van der Waals surface area (Å²) in [6.45, 7) is 4.44. The van der Waals surface area contributed by atoms with E-state index in [2.05, 4.69) is 5.32 Å². The molecule has 1 rings (SSSR count). The van der Waals surface area contributed by atoms with E-state index in [0.29, 0.717) is 17.8 Å². The van der Waals surface area contributed by atoms with E-state index in [0.717, 1.165) is 6.42 Å². The molecule has 1 amide bonds. The number of amides is 1. The van der Waals surface area contributed by atoms with E-state index in [-0.39, 0.29) is 12.5 Å². The van der Waals surface area contributed by atoms with E-state index in [1.165, 1.54) is 12.1 Å². The minimum atomic E-state index is -0.783. The number of nitrogens with one attached hydrogen (secondary N) is 1. The summed E-state index contributed by atoms with van der Waals surface area (Å²) in [5.41, 5.74) is 1.19. The molecule has 1 atom stereocenters. The zero-order chi connectivity index (χ0) is 14.4. The van der Waals surface area contributed by atoms with Crippen LogP contribution in [-0.2, 0) is 4.79 Å². The Morgan fingerprint density at radius 2 is 2.21 bits per heavy atom. The number of nitrogens with zero attached hydrogens (tertiary/aromatic N) is 1. The Labute approximate surface area is 113 Å². The first-order chi connectivity index (χ1) is 8.99. The highest BCUT2D eigenvalue weighted by atomic mass is 19.1. The van der Waals surface area contributed by atoms with Gasteiger partial charge in [0.2, 0.25) is 5.91 Å². The lowest BCUT2D eigenvalue weighted by atomic mass is 10.1.